The Hall–Kier alpha value is -0.750. The molecule has 0 saturated carbocycles. The lowest BCUT2D eigenvalue weighted by Gasteiger charge is -2.30. The lowest BCUT2D eigenvalue weighted by atomic mass is 10.3. The molecular weight excluding hydrogens is 353 g/mol. The van der Waals surface area contributed by atoms with Crippen molar-refractivity contribution in [3.8, 4) is 5.75 Å². The van der Waals surface area contributed by atoms with E-state index in [1.807, 2.05) is 14.1 Å². The Balaban J connectivity index is 2.48. The second-order valence-electron chi connectivity index (χ2n) is 5.75. The quantitative estimate of drug-likeness (QED) is 0.699. The summed E-state index contributed by atoms with van der Waals surface area (Å²) in [4.78, 5) is 4.22. The number of benzene rings is 1. The summed E-state index contributed by atoms with van der Waals surface area (Å²) in [5, 5.41) is 5.13. The number of thiocarbonyl (C=S) groups is 1. The van der Waals surface area contributed by atoms with Crippen molar-refractivity contribution in [3.63, 3.8) is 0 Å². The molecule has 0 aliphatic carbocycles. The van der Waals surface area contributed by atoms with Crippen molar-refractivity contribution >= 4 is 40.5 Å². The molecule has 0 radical (unpaired) electrons. The van der Waals surface area contributed by atoms with Crippen molar-refractivity contribution in [2.24, 2.45) is 0 Å². The summed E-state index contributed by atoms with van der Waals surface area (Å²) in [6, 6.07) is 5.50. The number of nitrogens with one attached hydrogen (secondary N) is 1. The fourth-order valence-corrected chi connectivity index (χ4v) is 2.80. The van der Waals surface area contributed by atoms with E-state index in [9.17, 15) is 0 Å². The van der Waals surface area contributed by atoms with E-state index >= 15 is 0 Å². The summed E-state index contributed by atoms with van der Waals surface area (Å²) < 4.78 is 5.74. The first-order chi connectivity index (χ1) is 10.8. The van der Waals surface area contributed by atoms with E-state index < -0.39 is 0 Å². The molecular formula is C16H25Cl2N3OS. The van der Waals surface area contributed by atoms with Crippen molar-refractivity contribution in [1.29, 1.82) is 0 Å². The summed E-state index contributed by atoms with van der Waals surface area (Å²) in [7, 11) is 4.07. The standard InChI is InChI=1S/C16H25Cl2N3OS/c1-12(2)21(16(23)19-7-8-20(3)4)9-10-22-15-6-5-13(17)11-14(15)18/h5-6,11-12H,7-10H2,1-4H3,(H,19,23). The molecule has 0 fully saturated rings. The SMILES string of the molecule is CC(C)N(CCOc1ccc(Cl)cc1Cl)C(=S)NCCN(C)C. The van der Waals surface area contributed by atoms with Crippen molar-refractivity contribution in [2.75, 3.05) is 40.3 Å². The molecule has 0 unspecified atom stereocenters. The Kier molecular flexibility index (Phi) is 8.99. The molecule has 0 aliphatic rings. The highest BCUT2D eigenvalue weighted by atomic mass is 35.5. The topological polar surface area (TPSA) is 27.7 Å². The van der Waals surface area contributed by atoms with E-state index in [4.69, 9.17) is 40.2 Å². The molecule has 1 aromatic carbocycles. The molecule has 4 nitrogen and oxygen atoms in total. The molecule has 0 amide bonds. The number of hydrogen-bond donors (Lipinski definition) is 1. The third-order valence-corrected chi connectivity index (χ3v) is 4.11. The molecule has 0 spiro atoms. The first-order valence-electron chi connectivity index (χ1n) is 7.58. The Bertz CT molecular complexity index is 512. The van der Waals surface area contributed by atoms with E-state index in [0.717, 1.165) is 18.2 Å². The zero-order valence-electron chi connectivity index (χ0n) is 14.1. The zero-order chi connectivity index (χ0) is 17.4. The van der Waals surface area contributed by atoms with Gasteiger partial charge in [0.25, 0.3) is 0 Å². The van der Waals surface area contributed by atoms with E-state index in [0.29, 0.717) is 35.0 Å². The first kappa shape index (κ1) is 20.3. The Morgan fingerprint density at radius 1 is 1.26 bits per heavy atom. The van der Waals surface area contributed by atoms with E-state index in [1.54, 1.807) is 18.2 Å². The third kappa shape index (κ3) is 7.57. The van der Waals surface area contributed by atoms with Gasteiger partial charge in [-0.25, -0.2) is 0 Å². The summed E-state index contributed by atoms with van der Waals surface area (Å²) in [5.41, 5.74) is 0. The minimum absolute atomic E-state index is 0.290. The molecule has 0 aliphatic heterocycles. The maximum absolute atomic E-state index is 6.10. The van der Waals surface area contributed by atoms with Crippen LogP contribution in [0.2, 0.25) is 10.0 Å². The summed E-state index contributed by atoms with van der Waals surface area (Å²) >= 11 is 17.5. The molecule has 7 heteroatoms. The van der Waals surface area contributed by atoms with Gasteiger partial charge in [-0.05, 0) is 58.4 Å². The van der Waals surface area contributed by atoms with Crippen LogP contribution in [0.4, 0.5) is 0 Å². The fourth-order valence-electron chi connectivity index (χ4n) is 1.93. The summed E-state index contributed by atoms with van der Waals surface area (Å²) in [6.07, 6.45) is 0. The normalized spacial score (nSPS) is 11.0. The number of rotatable bonds is 8. The first-order valence-corrected chi connectivity index (χ1v) is 8.74. The van der Waals surface area contributed by atoms with Gasteiger partial charge in [0.2, 0.25) is 0 Å². The number of hydrogen-bond acceptors (Lipinski definition) is 3. The molecule has 1 N–H and O–H groups in total. The van der Waals surface area contributed by atoms with Crippen LogP contribution in [-0.4, -0.2) is 61.3 Å². The maximum Gasteiger partial charge on any atom is 0.169 e. The summed E-state index contributed by atoms with van der Waals surface area (Å²) in [6.45, 7) is 7.14. The van der Waals surface area contributed by atoms with Gasteiger partial charge >= 0.3 is 0 Å². The van der Waals surface area contributed by atoms with Crippen molar-refractivity contribution < 1.29 is 4.74 Å². The lowest BCUT2D eigenvalue weighted by Crippen LogP contribution is -2.47. The second-order valence-corrected chi connectivity index (χ2v) is 6.98. The van der Waals surface area contributed by atoms with Gasteiger partial charge in [0.15, 0.2) is 5.11 Å². The van der Waals surface area contributed by atoms with Gasteiger partial charge in [0, 0.05) is 24.2 Å². The van der Waals surface area contributed by atoms with Crippen molar-refractivity contribution in [2.45, 2.75) is 19.9 Å². The number of halogens is 2. The van der Waals surface area contributed by atoms with Gasteiger partial charge in [0.05, 0.1) is 11.6 Å². The van der Waals surface area contributed by atoms with Crippen molar-refractivity contribution in [3.05, 3.63) is 28.2 Å². The van der Waals surface area contributed by atoms with Crippen LogP contribution in [0, 0.1) is 0 Å². The molecule has 0 bridgehead atoms. The van der Waals surface area contributed by atoms with Gasteiger partial charge in [-0.1, -0.05) is 23.2 Å². The molecule has 23 heavy (non-hydrogen) atoms. The molecule has 0 heterocycles. The van der Waals surface area contributed by atoms with Crippen LogP contribution in [0.15, 0.2) is 18.2 Å². The second kappa shape index (κ2) is 10.2. The summed E-state index contributed by atoms with van der Waals surface area (Å²) in [5.74, 6) is 0.631. The fraction of sp³-hybridized carbons (Fsp3) is 0.562. The van der Waals surface area contributed by atoms with Crippen LogP contribution in [0.3, 0.4) is 0 Å². The number of ether oxygens (including phenoxy) is 1. The van der Waals surface area contributed by atoms with Gasteiger partial charge in [-0.15, -0.1) is 0 Å². The predicted octanol–water partition coefficient (Wildman–Crippen LogP) is 3.52. The van der Waals surface area contributed by atoms with Gasteiger partial charge in [0.1, 0.15) is 12.4 Å². The third-order valence-electron chi connectivity index (χ3n) is 3.20. The van der Waals surface area contributed by atoms with Crippen LogP contribution < -0.4 is 10.1 Å². The van der Waals surface area contributed by atoms with Crippen LogP contribution >= 0.6 is 35.4 Å². The van der Waals surface area contributed by atoms with E-state index in [1.165, 1.54) is 0 Å². The van der Waals surface area contributed by atoms with Gasteiger partial charge in [-0.2, -0.15) is 0 Å². The van der Waals surface area contributed by atoms with Crippen LogP contribution in [0.1, 0.15) is 13.8 Å². The van der Waals surface area contributed by atoms with Gasteiger partial charge in [-0.3, -0.25) is 0 Å². The monoisotopic (exact) mass is 377 g/mol. The highest BCUT2D eigenvalue weighted by Crippen LogP contribution is 2.27. The van der Waals surface area contributed by atoms with Crippen molar-refractivity contribution in [1.82, 2.24) is 15.1 Å². The van der Waals surface area contributed by atoms with E-state index in [2.05, 4.69) is 29.0 Å². The maximum atomic E-state index is 6.10. The average molecular weight is 378 g/mol. The Labute approximate surface area is 154 Å². The highest BCUT2D eigenvalue weighted by Gasteiger charge is 2.13. The molecule has 0 saturated heterocycles. The minimum atomic E-state index is 0.290. The molecule has 1 aromatic rings. The van der Waals surface area contributed by atoms with Crippen LogP contribution in [0.25, 0.3) is 0 Å². The van der Waals surface area contributed by atoms with Crippen LogP contribution in [0.5, 0.6) is 5.75 Å². The van der Waals surface area contributed by atoms with Gasteiger partial charge < -0.3 is 19.9 Å². The molecule has 0 atom stereocenters. The number of nitrogens with zero attached hydrogens (tertiary/aromatic N) is 2. The smallest absolute Gasteiger partial charge is 0.169 e. The molecule has 0 aromatic heterocycles. The molecule has 130 valence electrons. The lowest BCUT2D eigenvalue weighted by molar-refractivity contribution is 0.245. The van der Waals surface area contributed by atoms with E-state index in [-0.39, 0.29) is 0 Å². The molecule has 1 rings (SSSR count). The van der Waals surface area contributed by atoms with Crippen LogP contribution in [-0.2, 0) is 0 Å². The average Bonchev–Trinajstić information content (AvgIpc) is 2.44. The Morgan fingerprint density at radius 2 is 1.96 bits per heavy atom. The number of likely N-dealkylation sites (N-methyl/N-ethyl adjacent to an activating group) is 1. The predicted molar refractivity (Wildman–Crippen MR) is 103 cm³/mol. The zero-order valence-corrected chi connectivity index (χ0v) is 16.4. The largest absolute Gasteiger partial charge is 0.490 e. The highest BCUT2D eigenvalue weighted by molar-refractivity contribution is 7.80. The minimum Gasteiger partial charge on any atom is -0.490 e. The Morgan fingerprint density at radius 3 is 2.52 bits per heavy atom.